The summed E-state index contributed by atoms with van der Waals surface area (Å²) in [4.78, 5) is 47.3. The lowest BCUT2D eigenvalue weighted by Gasteiger charge is -2.37. The van der Waals surface area contributed by atoms with Gasteiger partial charge in [-0.15, -0.1) is 11.3 Å². The van der Waals surface area contributed by atoms with E-state index in [4.69, 9.17) is 0 Å². The fourth-order valence-corrected chi connectivity index (χ4v) is 6.72. The molecule has 1 atom stereocenters. The van der Waals surface area contributed by atoms with Gasteiger partial charge in [-0.25, -0.2) is 9.88 Å². The molecule has 170 valence electrons. The van der Waals surface area contributed by atoms with Crippen LogP contribution in [0.5, 0.6) is 0 Å². The second kappa shape index (κ2) is 9.65. The lowest BCUT2D eigenvalue weighted by atomic mass is 9.92. The molecule has 1 saturated heterocycles. The van der Waals surface area contributed by atoms with Crippen LogP contribution < -0.4 is 4.90 Å². The Morgan fingerprint density at radius 2 is 1.76 bits per heavy atom. The summed E-state index contributed by atoms with van der Waals surface area (Å²) in [6, 6.07) is 16.2. The molecule has 3 amide bonds. The topological polar surface area (TPSA) is 70.6 Å². The van der Waals surface area contributed by atoms with Crippen LogP contribution in [0.3, 0.4) is 0 Å². The van der Waals surface area contributed by atoms with E-state index in [9.17, 15) is 14.4 Å². The molecule has 0 spiro atoms. The highest BCUT2D eigenvalue weighted by atomic mass is 32.2. The summed E-state index contributed by atoms with van der Waals surface area (Å²) < 4.78 is 1.93. The van der Waals surface area contributed by atoms with Crippen LogP contribution in [0.1, 0.15) is 38.5 Å². The number of hydrogen-bond donors (Lipinski definition) is 0. The Labute approximate surface area is 201 Å². The summed E-state index contributed by atoms with van der Waals surface area (Å²) in [6.07, 6.45) is 5.02. The third kappa shape index (κ3) is 4.54. The fourth-order valence-electron chi connectivity index (χ4n) is 4.78. The number of thiazole rings is 1. The third-order valence-corrected chi connectivity index (χ3v) is 8.49. The first-order valence-electron chi connectivity index (χ1n) is 11.3. The molecule has 1 unspecified atom stereocenters. The van der Waals surface area contributed by atoms with Crippen LogP contribution in [0.4, 0.5) is 5.69 Å². The second-order valence-corrected chi connectivity index (χ2v) is 10.7. The Morgan fingerprint density at radius 1 is 1.03 bits per heavy atom. The lowest BCUT2D eigenvalue weighted by molar-refractivity contribution is -0.139. The molecule has 2 fully saturated rings. The van der Waals surface area contributed by atoms with Gasteiger partial charge in [0.25, 0.3) is 5.91 Å². The Hall–Kier alpha value is -2.71. The van der Waals surface area contributed by atoms with Crippen molar-refractivity contribution in [3.8, 4) is 0 Å². The summed E-state index contributed by atoms with van der Waals surface area (Å²) in [5.74, 6) is -0.425. The molecular formula is C25H25N3O3S2. The highest BCUT2D eigenvalue weighted by Gasteiger charge is 2.46. The predicted octanol–water partition coefficient (Wildman–Crippen LogP) is 4.88. The van der Waals surface area contributed by atoms with Gasteiger partial charge >= 0.3 is 0 Å². The minimum atomic E-state index is -0.732. The molecular weight excluding hydrogens is 454 g/mol. The van der Waals surface area contributed by atoms with Gasteiger partial charge in [-0.3, -0.25) is 14.4 Å². The molecule has 33 heavy (non-hydrogen) atoms. The van der Waals surface area contributed by atoms with Crippen molar-refractivity contribution < 1.29 is 14.4 Å². The first-order chi connectivity index (χ1) is 16.1. The minimum Gasteiger partial charge on any atom is -0.326 e. The minimum absolute atomic E-state index is 0.000287. The summed E-state index contributed by atoms with van der Waals surface area (Å²) >= 11 is 2.98. The second-order valence-electron chi connectivity index (χ2n) is 8.45. The number of thioether (sulfide) groups is 1. The molecule has 3 aromatic rings. The number of para-hydroxylation sites is 2. The van der Waals surface area contributed by atoms with Crippen molar-refractivity contribution in [1.82, 2.24) is 9.88 Å². The van der Waals surface area contributed by atoms with Gasteiger partial charge in [-0.05, 0) is 37.1 Å². The number of nitrogens with zero attached hydrogens (tertiary/aromatic N) is 3. The molecule has 2 aromatic carbocycles. The number of rotatable bonds is 6. The Kier molecular flexibility index (Phi) is 6.46. The van der Waals surface area contributed by atoms with Crippen LogP contribution in [0.15, 0.2) is 58.9 Å². The molecule has 1 saturated carbocycles. The summed E-state index contributed by atoms with van der Waals surface area (Å²) in [7, 11) is 0. The number of anilines is 1. The number of amides is 3. The van der Waals surface area contributed by atoms with E-state index in [0.29, 0.717) is 5.69 Å². The van der Waals surface area contributed by atoms with Gasteiger partial charge in [0, 0.05) is 6.04 Å². The smallest absolute Gasteiger partial charge is 0.257 e. The first kappa shape index (κ1) is 22.1. The molecule has 6 nitrogen and oxygen atoms in total. The number of hydrogen-bond acceptors (Lipinski definition) is 6. The average molecular weight is 480 g/mol. The van der Waals surface area contributed by atoms with Crippen molar-refractivity contribution in [1.29, 1.82) is 0 Å². The van der Waals surface area contributed by atoms with E-state index in [1.54, 1.807) is 28.4 Å². The molecule has 5 rings (SSSR count). The highest BCUT2D eigenvalue weighted by Crippen LogP contribution is 2.33. The van der Waals surface area contributed by atoms with E-state index in [1.165, 1.54) is 16.7 Å². The normalized spacial score (nSPS) is 19.4. The summed E-state index contributed by atoms with van der Waals surface area (Å²) in [6.45, 7) is 0. The third-order valence-electron chi connectivity index (χ3n) is 6.32. The van der Waals surface area contributed by atoms with Gasteiger partial charge in [0.05, 0.1) is 28.1 Å². The quantitative estimate of drug-likeness (QED) is 0.372. The number of fused-ring (bicyclic) bond motifs is 1. The lowest BCUT2D eigenvalue weighted by Crippen LogP contribution is -2.52. The van der Waals surface area contributed by atoms with E-state index < -0.39 is 6.04 Å². The van der Waals surface area contributed by atoms with Crippen molar-refractivity contribution in [2.75, 3.05) is 10.7 Å². The maximum atomic E-state index is 13.5. The first-order valence-corrected chi connectivity index (χ1v) is 13.1. The Bertz CT molecular complexity index is 1140. The fraction of sp³-hybridized carbons (Fsp3) is 0.360. The maximum Gasteiger partial charge on any atom is 0.257 e. The molecule has 0 radical (unpaired) electrons. The zero-order valence-corrected chi connectivity index (χ0v) is 19.8. The highest BCUT2D eigenvalue weighted by molar-refractivity contribution is 8.01. The maximum absolute atomic E-state index is 13.5. The van der Waals surface area contributed by atoms with Crippen molar-refractivity contribution in [2.24, 2.45) is 0 Å². The van der Waals surface area contributed by atoms with Crippen LogP contribution in [0.25, 0.3) is 10.2 Å². The number of aromatic nitrogens is 1. The number of carbonyl (C=O) groups excluding carboxylic acids is 3. The van der Waals surface area contributed by atoms with Crippen LogP contribution in [0.2, 0.25) is 0 Å². The average Bonchev–Trinajstić information content (AvgIpc) is 3.39. The van der Waals surface area contributed by atoms with E-state index in [0.717, 1.165) is 46.7 Å². The summed E-state index contributed by atoms with van der Waals surface area (Å²) in [5.41, 5.74) is 1.49. The van der Waals surface area contributed by atoms with Gasteiger partial charge in [0.15, 0.2) is 4.34 Å². The Balaban J connectivity index is 1.36. The number of benzene rings is 2. The molecule has 1 aromatic heterocycles. The van der Waals surface area contributed by atoms with E-state index >= 15 is 0 Å². The van der Waals surface area contributed by atoms with Crippen molar-refractivity contribution >= 4 is 56.7 Å². The van der Waals surface area contributed by atoms with Gasteiger partial charge in [0.1, 0.15) is 6.04 Å². The van der Waals surface area contributed by atoms with Crippen molar-refractivity contribution in [3.63, 3.8) is 0 Å². The SMILES string of the molecule is O=C1CC(N(C(=O)CSc2nc3ccccc3s2)C2CCCCC2)C(=O)N1c1ccccc1. The van der Waals surface area contributed by atoms with Crippen LogP contribution in [-0.2, 0) is 14.4 Å². The Morgan fingerprint density at radius 3 is 2.52 bits per heavy atom. The molecule has 0 N–H and O–H groups in total. The van der Waals surface area contributed by atoms with Gasteiger partial charge in [0.2, 0.25) is 11.8 Å². The predicted molar refractivity (Wildman–Crippen MR) is 131 cm³/mol. The van der Waals surface area contributed by atoms with Crippen LogP contribution in [0, 0.1) is 0 Å². The zero-order chi connectivity index (χ0) is 22.8. The van der Waals surface area contributed by atoms with Crippen molar-refractivity contribution in [2.45, 2.75) is 54.9 Å². The standard InChI is InChI=1S/C25H25N3O3S2/c29-22-15-20(24(31)28(22)18-11-5-2-6-12-18)27(17-9-3-1-4-10-17)23(30)16-32-25-26-19-13-7-8-14-21(19)33-25/h2,5-8,11-14,17,20H,1,3-4,9-10,15-16H2. The molecule has 0 bridgehead atoms. The van der Waals surface area contributed by atoms with Crippen molar-refractivity contribution in [3.05, 3.63) is 54.6 Å². The zero-order valence-electron chi connectivity index (χ0n) is 18.2. The summed E-state index contributed by atoms with van der Waals surface area (Å²) in [5, 5.41) is 0. The number of carbonyl (C=O) groups is 3. The molecule has 2 heterocycles. The largest absolute Gasteiger partial charge is 0.326 e. The molecule has 2 aliphatic rings. The number of imide groups is 1. The van der Waals surface area contributed by atoms with Crippen LogP contribution in [-0.4, -0.2) is 45.4 Å². The monoisotopic (exact) mass is 479 g/mol. The molecule has 1 aliphatic carbocycles. The van der Waals surface area contributed by atoms with Gasteiger partial charge < -0.3 is 4.90 Å². The molecule has 8 heteroatoms. The van der Waals surface area contributed by atoms with E-state index in [-0.39, 0.29) is 35.9 Å². The van der Waals surface area contributed by atoms with Gasteiger partial charge in [-0.1, -0.05) is 61.4 Å². The van der Waals surface area contributed by atoms with Crippen LogP contribution >= 0.6 is 23.1 Å². The van der Waals surface area contributed by atoms with Gasteiger partial charge in [-0.2, -0.15) is 0 Å². The van der Waals surface area contributed by atoms with E-state index in [1.807, 2.05) is 42.5 Å². The molecule has 1 aliphatic heterocycles. The van der Waals surface area contributed by atoms with E-state index in [2.05, 4.69) is 4.98 Å².